The molecule has 3 rings (SSSR count). The number of aryl methyl sites for hydroxylation is 3. The molecule has 6 heteroatoms. The van der Waals surface area contributed by atoms with Crippen LogP contribution >= 0.6 is 0 Å². The Labute approximate surface area is 168 Å². The van der Waals surface area contributed by atoms with Gasteiger partial charge in [-0.05, 0) is 26.3 Å². The van der Waals surface area contributed by atoms with Gasteiger partial charge in [0, 0.05) is 57.8 Å². The number of aliphatic imine (C=N–C) groups is 1. The monoisotopic (exact) mass is 383 g/mol. The molecule has 0 saturated carbocycles. The normalized spacial score (nSPS) is 17.0. The van der Waals surface area contributed by atoms with E-state index in [2.05, 4.69) is 63.4 Å². The molecule has 0 amide bonds. The van der Waals surface area contributed by atoms with Crippen molar-refractivity contribution in [3.05, 3.63) is 52.4 Å². The quantitative estimate of drug-likeness (QED) is 0.635. The van der Waals surface area contributed by atoms with Gasteiger partial charge >= 0.3 is 0 Å². The number of nitrogens with one attached hydrogen (secondary N) is 1. The molecule has 2 heterocycles. The maximum Gasteiger partial charge on any atom is 0.193 e. The van der Waals surface area contributed by atoms with Crippen molar-refractivity contribution in [3.63, 3.8) is 0 Å². The highest BCUT2D eigenvalue weighted by atomic mass is 16.5. The van der Waals surface area contributed by atoms with Gasteiger partial charge in [0.2, 0.25) is 0 Å². The van der Waals surface area contributed by atoms with E-state index in [9.17, 15) is 0 Å². The molecular weight excluding hydrogens is 350 g/mol. The number of benzene rings is 1. The van der Waals surface area contributed by atoms with Gasteiger partial charge in [-0.15, -0.1) is 0 Å². The Morgan fingerprint density at radius 1 is 1.21 bits per heavy atom. The smallest absolute Gasteiger partial charge is 0.193 e. The standard InChI is InChI=1S/C22H33N5O/c1-16-7-6-8-20(13-16)15-26-9-11-27(12-10-26)22(23-5)24-14-17(2)21-18(3)25-28-19(21)4/h6-8,13,17H,9-12,14-15H2,1-5H3,(H,23,24). The first-order valence-corrected chi connectivity index (χ1v) is 10.1. The molecule has 1 atom stereocenters. The summed E-state index contributed by atoms with van der Waals surface area (Å²) in [5.74, 6) is 2.21. The van der Waals surface area contributed by atoms with E-state index in [1.807, 2.05) is 20.9 Å². The molecule has 0 spiro atoms. The Morgan fingerprint density at radius 3 is 2.57 bits per heavy atom. The molecule has 1 fully saturated rings. The van der Waals surface area contributed by atoms with Crippen LogP contribution in [0.5, 0.6) is 0 Å². The van der Waals surface area contributed by atoms with E-state index in [0.717, 1.165) is 56.7 Å². The Balaban J connectivity index is 1.50. The van der Waals surface area contributed by atoms with Gasteiger partial charge in [0.05, 0.1) is 5.69 Å². The van der Waals surface area contributed by atoms with Crippen molar-refractivity contribution < 1.29 is 4.52 Å². The van der Waals surface area contributed by atoms with E-state index >= 15 is 0 Å². The number of aromatic nitrogens is 1. The molecule has 1 saturated heterocycles. The molecular formula is C22H33N5O. The van der Waals surface area contributed by atoms with Crippen LogP contribution in [-0.4, -0.2) is 60.7 Å². The average Bonchev–Trinajstić information content (AvgIpc) is 3.02. The van der Waals surface area contributed by atoms with E-state index in [-0.39, 0.29) is 0 Å². The molecule has 1 N–H and O–H groups in total. The summed E-state index contributed by atoms with van der Waals surface area (Å²) in [6, 6.07) is 8.80. The molecule has 1 unspecified atom stereocenters. The van der Waals surface area contributed by atoms with Gasteiger partial charge in [-0.3, -0.25) is 9.89 Å². The number of nitrogens with zero attached hydrogens (tertiary/aromatic N) is 4. The summed E-state index contributed by atoms with van der Waals surface area (Å²) in [5, 5.41) is 7.62. The van der Waals surface area contributed by atoms with Crippen LogP contribution < -0.4 is 5.32 Å². The van der Waals surface area contributed by atoms with Crippen molar-refractivity contribution in [2.75, 3.05) is 39.8 Å². The van der Waals surface area contributed by atoms with Crippen LogP contribution in [0, 0.1) is 20.8 Å². The first-order chi connectivity index (χ1) is 13.5. The maximum absolute atomic E-state index is 5.31. The lowest BCUT2D eigenvalue weighted by Gasteiger charge is -2.36. The van der Waals surface area contributed by atoms with Crippen LogP contribution in [-0.2, 0) is 6.54 Å². The van der Waals surface area contributed by atoms with Crippen LogP contribution in [0.15, 0.2) is 33.8 Å². The van der Waals surface area contributed by atoms with Crippen LogP contribution in [0.1, 0.15) is 41.0 Å². The number of rotatable bonds is 5. The summed E-state index contributed by atoms with van der Waals surface area (Å²) in [7, 11) is 1.86. The molecule has 0 aliphatic carbocycles. The summed E-state index contributed by atoms with van der Waals surface area (Å²) in [4.78, 5) is 9.38. The highest BCUT2D eigenvalue weighted by Crippen LogP contribution is 2.22. The SMILES string of the molecule is CN=C(NCC(C)c1c(C)noc1C)N1CCN(Cc2cccc(C)c2)CC1. The lowest BCUT2D eigenvalue weighted by atomic mass is 10.00. The Morgan fingerprint density at radius 2 is 1.96 bits per heavy atom. The van der Waals surface area contributed by atoms with E-state index in [1.54, 1.807) is 0 Å². The van der Waals surface area contributed by atoms with Crippen molar-refractivity contribution in [3.8, 4) is 0 Å². The molecule has 0 bridgehead atoms. The summed E-state index contributed by atoms with van der Waals surface area (Å²) >= 11 is 0. The van der Waals surface area contributed by atoms with Gasteiger partial charge in [0.15, 0.2) is 5.96 Å². The third kappa shape index (κ3) is 4.93. The van der Waals surface area contributed by atoms with Crippen LogP contribution in [0.25, 0.3) is 0 Å². The van der Waals surface area contributed by atoms with Crippen molar-refractivity contribution in [1.29, 1.82) is 0 Å². The second kappa shape index (κ2) is 9.24. The zero-order valence-electron chi connectivity index (χ0n) is 17.8. The number of hydrogen-bond acceptors (Lipinski definition) is 4. The molecule has 152 valence electrons. The Hall–Kier alpha value is -2.34. The minimum atomic E-state index is 0.325. The molecule has 1 aromatic carbocycles. The van der Waals surface area contributed by atoms with E-state index in [1.165, 1.54) is 16.7 Å². The van der Waals surface area contributed by atoms with Crippen molar-refractivity contribution >= 4 is 5.96 Å². The third-order valence-corrected chi connectivity index (χ3v) is 5.52. The average molecular weight is 384 g/mol. The number of guanidine groups is 1. The second-order valence-corrected chi connectivity index (χ2v) is 7.82. The third-order valence-electron chi connectivity index (χ3n) is 5.52. The first-order valence-electron chi connectivity index (χ1n) is 10.1. The molecule has 1 aliphatic rings. The number of hydrogen-bond donors (Lipinski definition) is 1. The molecule has 28 heavy (non-hydrogen) atoms. The Kier molecular flexibility index (Phi) is 6.73. The van der Waals surface area contributed by atoms with Crippen molar-refractivity contribution in [1.82, 2.24) is 20.3 Å². The van der Waals surface area contributed by atoms with Crippen LogP contribution in [0.2, 0.25) is 0 Å². The summed E-state index contributed by atoms with van der Waals surface area (Å²) in [6.45, 7) is 14.3. The molecule has 6 nitrogen and oxygen atoms in total. The summed E-state index contributed by atoms with van der Waals surface area (Å²) < 4.78 is 5.31. The lowest BCUT2D eigenvalue weighted by Crippen LogP contribution is -2.52. The fourth-order valence-electron chi connectivity index (χ4n) is 4.06. The van der Waals surface area contributed by atoms with Gasteiger partial charge in [-0.2, -0.15) is 0 Å². The summed E-state index contributed by atoms with van der Waals surface area (Å²) in [5.41, 5.74) is 4.90. The first kappa shape index (κ1) is 20.4. The highest BCUT2D eigenvalue weighted by Gasteiger charge is 2.21. The van der Waals surface area contributed by atoms with E-state index < -0.39 is 0 Å². The van der Waals surface area contributed by atoms with Gasteiger partial charge in [0.1, 0.15) is 5.76 Å². The second-order valence-electron chi connectivity index (χ2n) is 7.82. The number of piperazine rings is 1. The van der Waals surface area contributed by atoms with Gasteiger partial charge in [-0.25, -0.2) is 0 Å². The van der Waals surface area contributed by atoms with Crippen LogP contribution in [0.4, 0.5) is 0 Å². The molecule has 0 radical (unpaired) electrons. The minimum Gasteiger partial charge on any atom is -0.361 e. The van der Waals surface area contributed by atoms with Crippen molar-refractivity contribution in [2.45, 2.75) is 40.2 Å². The van der Waals surface area contributed by atoms with E-state index in [4.69, 9.17) is 4.52 Å². The predicted molar refractivity (Wildman–Crippen MR) is 114 cm³/mol. The van der Waals surface area contributed by atoms with Gasteiger partial charge in [-0.1, -0.05) is 41.9 Å². The fraction of sp³-hybridized carbons (Fsp3) is 0.545. The maximum atomic E-state index is 5.31. The molecule has 1 aliphatic heterocycles. The fourth-order valence-corrected chi connectivity index (χ4v) is 4.06. The zero-order chi connectivity index (χ0) is 20.1. The summed E-state index contributed by atoms with van der Waals surface area (Å²) in [6.07, 6.45) is 0. The molecule has 1 aromatic heterocycles. The van der Waals surface area contributed by atoms with Gasteiger partial charge in [0.25, 0.3) is 0 Å². The topological polar surface area (TPSA) is 56.9 Å². The largest absolute Gasteiger partial charge is 0.361 e. The lowest BCUT2D eigenvalue weighted by molar-refractivity contribution is 0.172. The predicted octanol–water partition coefficient (Wildman–Crippen LogP) is 3.10. The van der Waals surface area contributed by atoms with Crippen LogP contribution in [0.3, 0.4) is 0 Å². The van der Waals surface area contributed by atoms with Gasteiger partial charge < -0.3 is 14.7 Å². The van der Waals surface area contributed by atoms with Crippen molar-refractivity contribution in [2.24, 2.45) is 4.99 Å². The van der Waals surface area contributed by atoms with E-state index in [0.29, 0.717) is 5.92 Å². The Bertz CT molecular complexity index is 786. The minimum absolute atomic E-state index is 0.325. The highest BCUT2D eigenvalue weighted by molar-refractivity contribution is 5.80. The molecule has 2 aromatic rings. The zero-order valence-corrected chi connectivity index (χ0v) is 17.8.